The van der Waals surface area contributed by atoms with Crippen LogP contribution in [0.3, 0.4) is 0 Å². The van der Waals surface area contributed by atoms with Gasteiger partial charge in [-0.05, 0) is 61.4 Å². The number of rotatable bonds is 6. The number of methoxy groups -OCH3 is 1. The molecule has 2 aliphatic heterocycles. The van der Waals surface area contributed by atoms with Gasteiger partial charge in [0.25, 0.3) is 5.56 Å². The summed E-state index contributed by atoms with van der Waals surface area (Å²) >= 11 is 0. The van der Waals surface area contributed by atoms with Crippen molar-refractivity contribution in [3.8, 4) is 0 Å². The van der Waals surface area contributed by atoms with Crippen LogP contribution in [0.25, 0.3) is 15.7 Å². The van der Waals surface area contributed by atoms with Gasteiger partial charge in [-0.25, -0.2) is 24.5 Å². The summed E-state index contributed by atoms with van der Waals surface area (Å²) in [6.45, 7) is 9.42. The molecular formula is C26H29N7O5S. The summed E-state index contributed by atoms with van der Waals surface area (Å²) in [5.74, 6) is 0.762. The first kappa shape index (κ1) is 25.4. The number of benzene rings is 1. The molecule has 204 valence electrons. The Morgan fingerprint density at radius 3 is 2.74 bits per heavy atom. The lowest BCUT2D eigenvalue weighted by Gasteiger charge is -2.38. The third-order valence-electron chi connectivity index (χ3n) is 8.00. The smallest absolute Gasteiger partial charge is 0.409 e. The number of H-pyrrole nitrogens is 1. The van der Waals surface area contributed by atoms with Gasteiger partial charge in [-0.1, -0.05) is 0 Å². The number of ether oxygens (including phenoxy) is 1. The van der Waals surface area contributed by atoms with Crippen LogP contribution in [0.4, 0.5) is 16.3 Å². The minimum absolute atomic E-state index is 0.137. The molecule has 0 atom stereocenters. The number of aromatic amines is 1. The fourth-order valence-corrected chi connectivity index (χ4v) is 7.37. The summed E-state index contributed by atoms with van der Waals surface area (Å²) in [5.41, 5.74) is 0.860. The first-order valence-electron chi connectivity index (χ1n) is 12.9. The van der Waals surface area contributed by atoms with E-state index in [1.807, 2.05) is 0 Å². The Balaban J connectivity index is 1.35. The minimum atomic E-state index is -3.50. The summed E-state index contributed by atoms with van der Waals surface area (Å²) in [7, 11) is -2.16. The summed E-state index contributed by atoms with van der Waals surface area (Å²) in [5, 5.41) is 8.40. The summed E-state index contributed by atoms with van der Waals surface area (Å²) in [6.07, 6.45) is 4.22. The minimum Gasteiger partial charge on any atom is -0.453 e. The molecule has 2 fully saturated rings. The fourth-order valence-electron chi connectivity index (χ4n) is 5.68. The zero-order valence-corrected chi connectivity index (χ0v) is 22.3. The topological polar surface area (TPSA) is 134 Å². The van der Waals surface area contributed by atoms with E-state index in [2.05, 4.69) is 15.1 Å². The standard InChI is InChI=1S/C26H29N7O5S/c1-27-16-26(8-11-31(12-9-26)25(35)38-2)33-20-7-10-28-24(34)22(20)23(30-33)29-19-5-6-21-18(13-19)15-32(39(21,36)37)14-17-3-4-17/h5-7,10,13,17H,3-4,8-9,11-12,14-16H2,2H3,(H,28,34)(H,29,30). The summed E-state index contributed by atoms with van der Waals surface area (Å²) < 4.78 is 34.1. The second kappa shape index (κ2) is 9.39. The second-order valence-corrected chi connectivity index (χ2v) is 12.4. The van der Waals surface area contributed by atoms with E-state index in [9.17, 15) is 18.0 Å². The highest BCUT2D eigenvalue weighted by molar-refractivity contribution is 7.89. The molecule has 39 heavy (non-hydrogen) atoms. The third kappa shape index (κ3) is 4.33. The maximum atomic E-state index is 13.0. The molecule has 12 nitrogen and oxygen atoms in total. The number of fused-ring (bicyclic) bond motifs is 2. The van der Waals surface area contributed by atoms with Gasteiger partial charge < -0.3 is 24.8 Å². The first-order valence-corrected chi connectivity index (χ1v) is 14.4. The van der Waals surface area contributed by atoms with Crippen LogP contribution in [0.1, 0.15) is 31.2 Å². The van der Waals surface area contributed by atoms with E-state index >= 15 is 0 Å². The van der Waals surface area contributed by atoms with Gasteiger partial charge in [-0.15, -0.1) is 0 Å². The van der Waals surface area contributed by atoms with Crippen molar-refractivity contribution in [1.29, 1.82) is 0 Å². The normalized spacial score (nSPS) is 19.9. The fraction of sp³-hybridized carbons (Fsp3) is 0.462. The number of carbonyl (C=O) groups excluding carboxylic acids is 1. The molecule has 6 rings (SSSR count). The van der Waals surface area contributed by atoms with Gasteiger partial charge in [-0.2, -0.15) is 9.40 Å². The van der Waals surface area contributed by atoms with Crippen LogP contribution in [0.5, 0.6) is 0 Å². The van der Waals surface area contributed by atoms with Crippen LogP contribution in [0, 0.1) is 12.5 Å². The largest absolute Gasteiger partial charge is 0.453 e. The van der Waals surface area contributed by atoms with Gasteiger partial charge in [-0.3, -0.25) is 4.79 Å². The molecule has 1 aliphatic carbocycles. The van der Waals surface area contributed by atoms with E-state index in [0.717, 1.165) is 12.8 Å². The van der Waals surface area contributed by atoms with Gasteiger partial charge in [0.1, 0.15) is 10.9 Å². The SMILES string of the molecule is [C-]#[N+]CC1(n2nc(Nc3ccc4c(c3)CN(CC3CC3)S4(=O)=O)c3c(=O)[nH]ccc32)CCN(C(=O)OC)CC1. The van der Waals surface area contributed by atoms with Crippen molar-refractivity contribution in [2.24, 2.45) is 5.92 Å². The van der Waals surface area contributed by atoms with Crippen LogP contribution in [-0.2, 0) is 26.8 Å². The van der Waals surface area contributed by atoms with Crippen molar-refractivity contribution < 1.29 is 17.9 Å². The molecule has 1 saturated carbocycles. The number of hydrogen-bond acceptors (Lipinski definition) is 7. The second-order valence-electron chi connectivity index (χ2n) is 10.5. The molecule has 0 radical (unpaired) electrons. The van der Waals surface area contributed by atoms with Crippen molar-refractivity contribution >= 4 is 38.5 Å². The van der Waals surface area contributed by atoms with Crippen LogP contribution in [-0.4, -0.2) is 71.8 Å². The number of anilines is 2. The number of amides is 1. The molecule has 0 spiro atoms. The van der Waals surface area contributed by atoms with Crippen molar-refractivity contribution in [1.82, 2.24) is 24.0 Å². The van der Waals surface area contributed by atoms with Crippen LogP contribution in [0.2, 0.25) is 0 Å². The predicted octanol–water partition coefficient (Wildman–Crippen LogP) is 2.86. The van der Waals surface area contributed by atoms with Gasteiger partial charge in [0, 0.05) is 38.1 Å². The number of piperidine rings is 1. The highest BCUT2D eigenvalue weighted by atomic mass is 32.2. The highest BCUT2D eigenvalue weighted by Gasteiger charge is 2.43. The number of nitrogens with zero attached hydrogens (tertiary/aromatic N) is 5. The molecule has 0 unspecified atom stereocenters. The highest BCUT2D eigenvalue weighted by Crippen LogP contribution is 2.39. The average Bonchev–Trinajstić information content (AvgIpc) is 3.61. The molecule has 1 amide bonds. The van der Waals surface area contributed by atoms with Gasteiger partial charge in [0.05, 0.1) is 17.5 Å². The van der Waals surface area contributed by atoms with Crippen molar-refractivity contribution in [2.45, 2.75) is 42.7 Å². The van der Waals surface area contributed by atoms with Crippen molar-refractivity contribution in [3.05, 3.63) is 57.8 Å². The average molecular weight is 552 g/mol. The van der Waals surface area contributed by atoms with Gasteiger partial charge >= 0.3 is 6.09 Å². The Kier molecular flexibility index (Phi) is 6.11. The van der Waals surface area contributed by atoms with E-state index in [4.69, 9.17) is 16.4 Å². The predicted molar refractivity (Wildman–Crippen MR) is 143 cm³/mol. The van der Waals surface area contributed by atoms with Crippen LogP contribution >= 0.6 is 0 Å². The van der Waals surface area contributed by atoms with Gasteiger partial charge in [0.15, 0.2) is 5.82 Å². The Bertz CT molecular complexity index is 1660. The van der Waals surface area contributed by atoms with Crippen LogP contribution < -0.4 is 10.9 Å². The molecule has 4 heterocycles. The molecule has 13 heteroatoms. The molecule has 1 saturated heterocycles. The Morgan fingerprint density at radius 2 is 2.05 bits per heavy atom. The number of carbonyl (C=O) groups is 1. The van der Waals surface area contributed by atoms with Gasteiger partial charge in [0.2, 0.25) is 16.6 Å². The molecule has 3 aromatic rings. The number of hydrogen-bond donors (Lipinski definition) is 2. The lowest BCUT2D eigenvalue weighted by molar-refractivity contribution is 0.0835. The zero-order valence-electron chi connectivity index (χ0n) is 21.5. The van der Waals surface area contributed by atoms with E-state index < -0.39 is 21.7 Å². The quantitative estimate of drug-likeness (QED) is 0.450. The zero-order chi connectivity index (χ0) is 27.4. The maximum absolute atomic E-state index is 13.0. The van der Waals surface area contributed by atoms with E-state index in [1.54, 1.807) is 44.3 Å². The third-order valence-corrected chi connectivity index (χ3v) is 9.91. The Morgan fingerprint density at radius 1 is 1.28 bits per heavy atom. The summed E-state index contributed by atoms with van der Waals surface area (Å²) in [6, 6.07) is 6.85. The first-order chi connectivity index (χ1) is 18.8. The van der Waals surface area contributed by atoms with E-state index in [1.165, 1.54) is 7.11 Å². The maximum Gasteiger partial charge on any atom is 0.409 e. The summed E-state index contributed by atoms with van der Waals surface area (Å²) in [4.78, 5) is 33.4. The number of aromatic nitrogens is 3. The molecule has 1 aromatic carbocycles. The monoisotopic (exact) mass is 551 g/mol. The number of nitrogens with one attached hydrogen (secondary N) is 2. The molecular weight excluding hydrogens is 522 g/mol. The number of sulfonamides is 1. The lowest BCUT2D eigenvalue weighted by Crippen LogP contribution is -2.50. The van der Waals surface area contributed by atoms with Crippen molar-refractivity contribution in [2.75, 3.05) is 38.6 Å². The Labute approximate surface area is 225 Å². The van der Waals surface area contributed by atoms with E-state index in [-0.39, 0.29) is 12.1 Å². The molecule has 3 aliphatic rings. The molecule has 2 aromatic heterocycles. The number of likely N-dealkylation sites (tertiary alicyclic amines) is 1. The molecule has 2 N–H and O–H groups in total. The van der Waals surface area contributed by atoms with Crippen LogP contribution in [0.15, 0.2) is 40.2 Å². The molecule has 0 bridgehead atoms. The Hall–Kier alpha value is -3.89. The van der Waals surface area contributed by atoms with Crippen molar-refractivity contribution in [3.63, 3.8) is 0 Å². The number of pyridine rings is 1. The lowest BCUT2D eigenvalue weighted by atomic mass is 9.87. The van der Waals surface area contributed by atoms with E-state index in [0.29, 0.717) is 77.8 Å².